The summed E-state index contributed by atoms with van der Waals surface area (Å²) in [6.45, 7) is 7.45. The molecule has 2 N–H and O–H groups in total. The first-order valence-electron chi connectivity index (χ1n) is 8.58. The van der Waals surface area contributed by atoms with Gasteiger partial charge in [0.05, 0.1) is 0 Å². The van der Waals surface area contributed by atoms with E-state index in [1.807, 2.05) is 0 Å². The van der Waals surface area contributed by atoms with Gasteiger partial charge in [-0.2, -0.15) is 0 Å². The van der Waals surface area contributed by atoms with Crippen molar-refractivity contribution in [2.45, 2.75) is 71.3 Å². The van der Waals surface area contributed by atoms with Crippen molar-refractivity contribution in [1.29, 1.82) is 0 Å². The van der Waals surface area contributed by atoms with Gasteiger partial charge in [-0.05, 0) is 52.4 Å². The minimum atomic E-state index is 0.502. The molecule has 1 aromatic rings. The minimum Gasteiger partial charge on any atom is -0.370 e. The van der Waals surface area contributed by atoms with Gasteiger partial charge in [-0.15, -0.1) is 0 Å². The third-order valence-corrected chi connectivity index (χ3v) is 4.92. The smallest absolute Gasteiger partial charge is 0.136 e. The van der Waals surface area contributed by atoms with Gasteiger partial charge in [0.2, 0.25) is 0 Å². The zero-order valence-corrected chi connectivity index (χ0v) is 13.6. The van der Waals surface area contributed by atoms with Gasteiger partial charge < -0.3 is 10.6 Å². The summed E-state index contributed by atoms with van der Waals surface area (Å²) >= 11 is 0. The van der Waals surface area contributed by atoms with Gasteiger partial charge >= 0.3 is 0 Å². The highest BCUT2D eigenvalue weighted by atomic mass is 15.1. The number of aromatic nitrogens is 2. The summed E-state index contributed by atoms with van der Waals surface area (Å²) in [5, 5.41) is 7.07. The minimum absolute atomic E-state index is 0.502. The largest absolute Gasteiger partial charge is 0.370 e. The maximum Gasteiger partial charge on any atom is 0.136 e. The molecule has 0 aromatic carbocycles. The number of nitrogens with zero attached hydrogens (tertiary/aromatic N) is 2. The third-order valence-electron chi connectivity index (χ3n) is 4.92. The lowest BCUT2D eigenvalue weighted by atomic mass is 10.00. The maximum atomic E-state index is 4.83. The number of hydrogen-bond acceptors (Lipinski definition) is 4. The molecule has 2 fully saturated rings. The van der Waals surface area contributed by atoms with Crippen molar-refractivity contribution in [3.05, 3.63) is 11.4 Å². The molecular formula is C17H28N4. The fraction of sp³-hybridized carbons (Fsp3) is 0.765. The van der Waals surface area contributed by atoms with Crippen molar-refractivity contribution in [3.63, 3.8) is 0 Å². The molecule has 0 spiro atoms. The Balaban J connectivity index is 1.81. The Labute approximate surface area is 128 Å². The number of nitrogens with one attached hydrogen (secondary N) is 2. The molecule has 2 aliphatic carbocycles. The number of hydrogen-bond donors (Lipinski definition) is 2. The second kappa shape index (κ2) is 6.20. The van der Waals surface area contributed by atoms with E-state index in [0.29, 0.717) is 12.0 Å². The average molecular weight is 288 g/mol. The molecule has 0 bridgehead atoms. The van der Waals surface area contributed by atoms with E-state index in [4.69, 9.17) is 9.97 Å². The van der Waals surface area contributed by atoms with Crippen LogP contribution < -0.4 is 10.6 Å². The van der Waals surface area contributed by atoms with Crippen LogP contribution in [0.3, 0.4) is 0 Å². The van der Waals surface area contributed by atoms with Crippen molar-refractivity contribution in [2.24, 2.45) is 5.92 Å². The summed E-state index contributed by atoms with van der Waals surface area (Å²) in [5.74, 6) is 4.46. The Hall–Kier alpha value is -1.32. The van der Waals surface area contributed by atoms with Crippen molar-refractivity contribution >= 4 is 11.6 Å². The van der Waals surface area contributed by atoms with E-state index in [1.54, 1.807) is 0 Å². The van der Waals surface area contributed by atoms with Gasteiger partial charge in [-0.3, -0.25) is 0 Å². The Morgan fingerprint density at radius 3 is 2.38 bits per heavy atom. The van der Waals surface area contributed by atoms with Crippen LogP contribution in [0.1, 0.15) is 69.7 Å². The molecule has 0 aliphatic heterocycles. The van der Waals surface area contributed by atoms with Crippen LogP contribution in [0.15, 0.2) is 0 Å². The average Bonchev–Trinajstić information content (AvgIpc) is 3.17. The van der Waals surface area contributed by atoms with E-state index in [0.717, 1.165) is 35.5 Å². The summed E-state index contributed by atoms with van der Waals surface area (Å²) in [6.07, 6.45) is 7.96. The summed E-state index contributed by atoms with van der Waals surface area (Å²) in [7, 11) is 0. The molecule has 0 amide bonds. The van der Waals surface area contributed by atoms with Crippen LogP contribution in [-0.4, -0.2) is 22.6 Å². The highest BCUT2D eigenvalue weighted by molar-refractivity contribution is 5.58. The molecule has 4 nitrogen and oxygen atoms in total. The van der Waals surface area contributed by atoms with Crippen LogP contribution in [0.25, 0.3) is 0 Å². The third kappa shape index (κ3) is 3.30. The lowest BCUT2D eigenvalue weighted by Gasteiger charge is -2.23. The first-order chi connectivity index (χ1) is 10.2. The first kappa shape index (κ1) is 14.6. The van der Waals surface area contributed by atoms with Crippen LogP contribution in [0, 0.1) is 12.8 Å². The molecule has 21 heavy (non-hydrogen) atoms. The number of rotatable bonds is 6. The first-order valence-corrected chi connectivity index (χ1v) is 8.58. The van der Waals surface area contributed by atoms with Crippen LogP contribution >= 0.6 is 0 Å². The molecule has 1 unspecified atom stereocenters. The second-order valence-corrected chi connectivity index (χ2v) is 6.69. The topological polar surface area (TPSA) is 49.8 Å². The predicted octanol–water partition coefficient (Wildman–Crippen LogP) is 4.08. The van der Waals surface area contributed by atoms with E-state index in [2.05, 4.69) is 31.4 Å². The van der Waals surface area contributed by atoms with Gasteiger partial charge in [-0.1, -0.05) is 12.8 Å². The molecule has 1 heterocycles. The van der Waals surface area contributed by atoms with Crippen molar-refractivity contribution in [3.8, 4) is 0 Å². The second-order valence-electron chi connectivity index (χ2n) is 6.69. The lowest BCUT2D eigenvalue weighted by molar-refractivity contribution is 0.480. The van der Waals surface area contributed by atoms with Crippen LogP contribution in [-0.2, 0) is 0 Å². The lowest BCUT2D eigenvalue weighted by Crippen LogP contribution is -2.25. The van der Waals surface area contributed by atoms with Crippen LogP contribution in [0.4, 0.5) is 11.6 Å². The fourth-order valence-corrected chi connectivity index (χ4v) is 3.33. The Morgan fingerprint density at radius 2 is 1.76 bits per heavy atom. The van der Waals surface area contributed by atoms with Crippen LogP contribution in [0.5, 0.6) is 0 Å². The summed E-state index contributed by atoms with van der Waals surface area (Å²) < 4.78 is 0. The molecule has 0 saturated heterocycles. The Kier molecular flexibility index (Phi) is 4.32. The molecule has 0 radical (unpaired) electrons. The van der Waals surface area contributed by atoms with Crippen LogP contribution in [0.2, 0.25) is 0 Å². The zero-order chi connectivity index (χ0) is 14.8. The van der Waals surface area contributed by atoms with Gasteiger partial charge in [-0.25, -0.2) is 9.97 Å². The molecule has 2 aliphatic rings. The molecule has 116 valence electrons. The normalized spacial score (nSPS) is 20.5. The molecule has 4 heteroatoms. The van der Waals surface area contributed by atoms with E-state index >= 15 is 0 Å². The zero-order valence-electron chi connectivity index (χ0n) is 13.6. The molecule has 3 rings (SSSR count). The van der Waals surface area contributed by atoms with Crippen molar-refractivity contribution in [1.82, 2.24) is 9.97 Å². The van der Waals surface area contributed by atoms with E-state index < -0.39 is 0 Å². The van der Waals surface area contributed by atoms with Crippen molar-refractivity contribution in [2.75, 3.05) is 17.2 Å². The molecule has 2 saturated carbocycles. The van der Waals surface area contributed by atoms with Gasteiger partial charge in [0.25, 0.3) is 0 Å². The SMILES string of the molecule is CCNc1nc(C2CC2)nc(NC(C)C2CCCC2)c1C. The van der Waals surface area contributed by atoms with E-state index in [9.17, 15) is 0 Å². The van der Waals surface area contributed by atoms with E-state index in [1.165, 1.54) is 38.5 Å². The summed E-state index contributed by atoms with van der Waals surface area (Å²) in [4.78, 5) is 9.55. The number of anilines is 2. The predicted molar refractivity (Wildman–Crippen MR) is 88.0 cm³/mol. The summed E-state index contributed by atoms with van der Waals surface area (Å²) in [6, 6.07) is 0.502. The molecular weight excluding hydrogens is 260 g/mol. The van der Waals surface area contributed by atoms with Gasteiger partial charge in [0.1, 0.15) is 17.5 Å². The molecule has 1 atom stereocenters. The maximum absolute atomic E-state index is 4.83. The summed E-state index contributed by atoms with van der Waals surface area (Å²) in [5.41, 5.74) is 1.16. The molecule has 1 aromatic heterocycles. The van der Waals surface area contributed by atoms with Gasteiger partial charge in [0.15, 0.2) is 0 Å². The monoisotopic (exact) mass is 288 g/mol. The van der Waals surface area contributed by atoms with Gasteiger partial charge in [0, 0.05) is 24.1 Å². The Morgan fingerprint density at radius 1 is 1.10 bits per heavy atom. The quantitative estimate of drug-likeness (QED) is 0.828. The highest BCUT2D eigenvalue weighted by Crippen LogP contribution is 2.40. The Bertz CT molecular complexity index is 490. The van der Waals surface area contributed by atoms with E-state index in [-0.39, 0.29) is 0 Å². The fourth-order valence-electron chi connectivity index (χ4n) is 3.33. The van der Waals surface area contributed by atoms with Crippen molar-refractivity contribution < 1.29 is 0 Å². The highest BCUT2D eigenvalue weighted by Gasteiger charge is 2.29. The standard InChI is InChI=1S/C17H28N4/c1-4-18-15-11(2)16(21-17(20-15)14-9-10-14)19-12(3)13-7-5-6-8-13/h12-14H,4-10H2,1-3H3,(H2,18,19,20,21).